The second-order valence-electron chi connectivity index (χ2n) is 5.74. The zero-order valence-electron chi connectivity index (χ0n) is 11.1. The molecule has 2 nitrogen and oxygen atoms in total. The highest BCUT2D eigenvalue weighted by Gasteiger charge is 2.35. The van der Waals surface area contributed by atoms with Gasteiger partial charge in [0.1, 0.15) is 0 Å². The van der Waals surface area contributed by atoms with Crippen LogP contribution in [0.3, 0.4) is 0 Å². The van der Waals surface area contributed by atoms with Crippen LogP contribution in [-0.2, 0) is 6.54 Å². The molecule has 3 rings (SSSR count). The Labute approximate surface area is 113 Å². The summed E-state index contributed by atoms with van der Waals surface area (Å²) < 4.78 is 3.17. The third kappa shape index (κ3) is 1.81. The molecule has 1 aliphatic carbocycles. The van der Waals surface area contributed by atoms with Crippen LogP contribution in [0.15, 0.2) is 18.2 Å². The molecule has 1 heterocycles. The second kappa shape index (κ2) is 4.23. The van der Waals surface area contributed by atoms with Gasteiger partial charge < -0.3 is 9.55 Å². The van der Waals surface area contributed by atoms with E-state index in [2.05, 4.69) is 41.6 Å². The van der Waals surface area contributed by atoms with E-state index in [1.165, 1.54) is 42.3 Å². The molecule has 96 valence electrons. The maximum Gasteiger partial charge on any atom is 0.178 e. The Morgan fingerprint density at radius 3 is 2.78 bits per heavy atom. The molecule has 1 aliphatic rings. The highest BCUT2D eigenvalue weighted by Crippen LogP contribution is 2.45. The minimum atomic E-state index is 0.498. The number of aryl methyl sites for hydroxylation is 1. The van der Waals surface area contributed by atoms with Crippen molar-refractivity contribution in [3.63, 3.8) is 0 Å². The molecule has 18 heavy (non-hydrogen) atoms. The van der Waals surface area contributed by atoms with Crippen LogP contribution >= 0.6 is 12.2 Å². The standard InChI is InChI=1S/C15H20N2S/c1-3-15(7-4-8-15)10-17-13-6-5-11(2)9-12(13)16-14(17)18/h5-6,9H,3-4,7-8,10H2,1-2H3,(H,16,18). The number of aromatic amines is 1. The first kappa shape index (κ1) is 12.0. The predicted octanol–water partition coefficient (Wildman–Crippen LogP) is 4.59. The van der Waals surface area contributed by atoms with Crippen molar-refractivity contribution < 1.29 is 0 Å². The number of aromatic nitrogens is 2. The Hall–Kier alpha value is -1.09. The third-order valence-corrected chi connectivity index (χ3v) is 4.91. The van der Waals surface area contributed by atoms with Crippen LogP contribution in [0.1, 0.15) is 38.2 Å². The van der Waals surface area contributed by atoms with Crippen molar-refractivity contribution in [1.82, 2.24) is 9.55 Å². The number of nitrogens with one attached hydrogen (secondary N) is 1. The number of benzene rings is 1. The van der Waals surface area contributed by atoms with Crippen molar-refractivity contribution in [3.8, 4) is 0 Å². The van der Waals surface area contributed by atoms with Gasteiger partial charge in [-0.25, -0.2) is 0 Å². The van der Waals surface area contributed by atoms with E-state index in [4.69, 9.17) is 12.2 Å². The number of H-pyrrole nitrogens is 1. The third-order valence-electron chi connectivity index (χ3n) is 4.59. The number of nitrogens with zero attached hydrogens (tertiary/aromatic N) is 1. The van der Waals surface area contributed by atoms with E-state index >= 15 is 0 Å². The minimum absolute atomic E-state index is 0.498. The van der Waals surface area contributed by atoms with Crippen molar-refractivity contribution in [2.24, 2.45) is 5.41 Å². The quantitative estimate of drug-likeness (QED) is 0.801. The summed E-state index contributed by atoms with van der Waals surface area (Å²) in [6.07, 6.45) is 5.34. The molecule has 1 N–H and O–H groups in total. The fourth-order valence-corrected chi connectivity index (χ4v) is 3.34. The molecule has 0 atom stereocenters. The van der Waals surface area contributed by atoms with Crippen molar-refractivity contribution >= 4 is 23.3 Å². The summed E-state index contributed by atoms with van der Waals surface area (Å²) in [5, 5.41) is 0. The summed E-state index contributed by atoms with van der Waals surface area (Å²) in [5.41, 5.74) is 4.20. The molecule has 2 aromatic rings. The van der Waals surface area contributed by atoms with E-state index < -0.39 is 0 Å². The first-order valence-electron chi connectivity index (χ1n) is 6.83. The Morgan fingerprint density at radius 2 is 2.17 bits per heavy atom. The van der Waals surface area contributed by atoms with Crippen LogP contribution in [0.25, 0.3) is 11.0 Å². The lowest BCUT2D eigenvalue weighted by Crippen LogP contribution is -2.33. The van der Waals surface area contributed by atoms with Crippen LogP contribution < -0.4 is 0 Å². The van der Waals surface area contributed by atoms with E-state index in [1.807, 2.05) is 0 Å². The van der Waals surface area contributed by atoms with Gasteiger partial charge >= 0.3 is 0 Å². The second-order valence-corrected chi connectivity index (χ2v) is 6.13. The zero-order chi connectivity index (χ0) is 12.8. The molecule has 1 aromatic carbocycles. The van der Waals surface area contributed by atoms with Crippen LogP contribution in [0.5, 0.6) is 0 Å². The molecule has 0 amide bonds. The van der Waals surface area contributed by atoms with Gasteiger partial charge in [0.25, 0.3) is 0 Å². The Kier molecular flexibility index (Phi) is 2.81. The van der Waals surface area contributed by atoms with Crippen molar-refractivity contribution in [1.29, 1.82) is 0 Å². The first-order chi connectivity index (χ1) is 8.63. The summed E-state index contributed by atoms with van der Waals surface area (Å²) in [6, 6.07) is 6.54. The summed E-state index contributed by atoms with van der Waals surface area (Å²) in [7, 11) is 0. The van der Waals surface area contributed by atoms with Crippen LogP contribution in [0.2, 0.25) is 0 Å². The summed E-state index contributed by atoms with van der Waals surface area (Å²) >= 11 is 5.49. The van der Waals surface area contributed by atoms with Crippen molar-refractivity contribution in [3.05, 3.63) is 28.5 Å². The minimum Gasteiger partial charge on any atom is -0.331 e. The van der Waals surface area contributed by atoms with Crippen LogP contribution in [-0.4, -0.2) is 9.55 Å². The molecule has 0 bridgehead atoms. The fourth-order valence-electron chi connectivity index (χ4n) is 3.07. The average Bonchev–Trinajstić information content (AvgIpc) is 2.59. The lowest BCUT2D eigenvalue weighted by Gasteiger charge is -2.41. The average molecular weight is 260 g/mol. The molecule has 3 heteroatoms. The van der Waals surface area contributed by atoms with Gasteiger partial charge in [0.2, 0.25) is 0 Å². The number of fused-ring (bicyclic) bond motifs is 1. The summed E-state index contributed by atoms with van der Waals surface area (Å²) in [6.45, 7) is 5.50. The van der Waals surface area contributed by atoms with E-state index in [0.717, 1.165) is 11.3 Å². The van der Waals surface area contributed by atoms with Gasteiger partial charge in [-0.1, -0.05) is 19.4 Å². The molecular weight excluding hydrogens is 240 g/mol. The smallest absolute Gasteiger partial charge is 0.178 e. The lowest BCUT2D eigenvalue weighted by atomic mass is 9.67. The summed E-state index contributed by atoms with van der Waals surface area (Å²) in [5.74, 6) is 0. The van der Waals surface area contributed by atoms with Gasteiger partial charge in [0.15, 0.2) is 4.77 Å². The number of hydrogen-bond acceptors (Lipinski definition) is 1. The van der Waals surface area contributed by atoms with Crippen LogP contribution in [0.4, 0.5) is 0 Å². The molecule has 1 saturated carbocycles. The highest BCUT2D eigenvalue weighted by molar-refractivity contribution is 7.71. The molecule has 1 fully saturated rings. The maximum absolute atomic E-state index is 5.49. The monoisotopic (exact) mass is 260 g/mol. The van der Waals surface area contributed by atoms with Gasteiger partial charge in [-0.05, 0) is 61.5 Å². The Bertz CT molecular complexity index is 626. The zero-order valence-corrected chi connectivity index (χ0v) is 11.9. The SMILES string of the molecule is CCC1(Cn2c(=S)[nH]c3cc(C)ccc32)CCC1. The van der Waals surface area contributed by atoms with Gasteiger partial charge in [0, 0.05) is 6.54 Å². The molecule has 0 spiro atoms. The normalized spacial score (nSPS) is 17.9. The van der Waals surface area contributed by atoms with Gasteiger partial charge in [0.05, 0.1) is 11.0 Å². The number of hydrogen-bond donors (Lipinski definition) is 1. The fraction of sp³-hybridized carbons (Fsp3) is 0.533. The molecule has 0 aliphatic heterocycles. The molecule has 0 radical (unpaired) electrons. The lowest BCUT2D eigenvalue weighted by molar-refractivity contribution is 0.101. The maximum atomic E-state index is 5.49. The van der Waals surface area contributed by atoms with E-state index in [-0.39, 0.29) is 0 Å². The van der Waals surface area contributed by atoms with Crippen molar-refractivity contribution in [2.75, 3.05) is 0 Å². The van der Waals surface area contributed by atoms with E-state index in [1.54, 1.807) is 0 Å². The highest BCUT2D eigenvalue weighted by atomic mass is 32.1. The van der Waals surface area contributed by atoms with Gasteiger partial charge in [-0.15, -0.1) is 0 Å². The van der Waals surface area contributed by atoms with Crippen molar-refractivity contribution in [2.45, 2.75) is 46.1 Å². The Balaban J connectivity index is 2.06. The van der Waals surface area contributed by atoms with Crippen LogP contribution in [0, 0.1) is 17.1 Å². The van der Waals surface area contributed by atoms with E-state index in [0.29, 0.717) is 5.41 Å². The first-order valence-corrected chi connectivity index (χ1v) is 7.24. The molecule has 0 saturated heterocycles. The Morgan fingerprint density at radius 1 is 1.39 bits per heavy atom. The molecular formula is C15H20N2S. The number of imidazole rings is 1. The predicted molar refractivity (Wildman–Crippen MR) is 78.4 cm³/mol. The number of rotatable bonds is 3. The molecule has 0 unspecified atom stereocenters. The van der Waals surface area contributed by atoms with E-state index in [9.17, 15) is 0 Å². The van der Waals surface area contributed by atoms with Gasteiger partial charge in [-0.3, -0.25) is 0 Å². The molecule has 1 aromatic heterocycles. The topological polar surface area (TPSA) is 20.7 Å². The largest absolute Gasteiger partial charge is 0.331 e. The van der Waals surface area contributed by atoms with Gasteiger partial charge in [-0.2, -0.15) is 0 Å². The summed E-state index contributed by atoms with van der Waals surface area (Å²) in [4.78, 5) is 3.34.